The third-order valence-electron chi connectivity index (χ3n) is 2.21. The third-order valence-corrected chi connectivity index (χ3v) is 2.21. The molecule has 0 aliphatic heterocycles. The first-order valence-corrected chi connectivity index (χ1v) is 5.34. The SMILES string of the molecule is C=C(C)/C=C/C(=C/C=C(/C)C(=C)C)CC. The molecule has 0 aromatic heterocycles. The molecule has 0 saturated heterocycles. The van der Waals surface area contributed by atoms with Crippen molar-refractivity contribution in [3.05, 3.63) is 59.8 Å². The maximum absolute atomic E-state index is 3.90. The number of rotatable bonds is 5. The molecule has 0 amide bonds. The van der Waals surface area contributed by atoms with Gasteiger partial charge >= 0.3 is 0 Å². The van der Waals surface area contributed by atoms with E-state index in [1.165, 1.54) is 11.1 Å². The van der Waals surface area contributed by atoms with Crippen LogP contribution >= 0.6 is 0 Å². The van der Waals surface area contributed by atoms with Gasteiger partial charge in [-0.1, -0.05) is 55.5 Å². The van der Waals surface area contributed by atoms with Gasteiger partial charge < -0.3 is 0 Å². The van der Waals surface area contributed by atoms with Gasteiger partial charge in [0, 0.05) is 0 Å². The first-order valence-electron chi connectivity index (χ1n) is 5.34. The first kappa shape index (κ1) is 13.7. The van der Waals surface area contributed by atoms with E-state index in [1.807, 2.05) is 19.9 Å². The van der Waals surface area contributed by atoms with Crippen molar-refractivity contribution >= 4 is 0 Å². The van der Waals surface area contributed by atoms with Crippen molar-refractivity contribution in [2.24, 2.45) is 0 Å². The van der Waals surface area contributed by atoms with Gasteiger partial charge in [-0.2, -0.15) is 0 Å². The van der Waals surface area contributed by atoms with Gasteiger partial charge in [-0.3, -0.25) is 0 Å². The molecule has 0 aromatic rings. The summed E-state index contributed by atoms with van der Waals surface area (Å²) in [6.07, 6.45) is 9.45. The van der Waals surface area contributed by atoms with E-state index in [0.29, 0.717) is 0 Å². The lowest BCUT2D eigenvalue weighted by Crippen LogP contribution is -1.77. The van der Waals surface area contributed by atoms with Gasteiger partial charge in [-0.05, 0) is 38.3 Å². The molecule has 0 bridgehead atoms. The molecule has 0 aliphatic carbocycles. The van der Waals surface area contributed by atoms with E-state index in [2.05, 4.69) is 45.2 Å². The van der Waals surface area contributed by atoms with Crippen molar-refractivity contribution in [2.45, 2.75) is 34.1 Å². The largest absolute Gasteiger partial charge is 0.0961 e. The Balaban J connectivity index is 4.68. The second-order valence-corrected chi connectivity index (χ2v) is 3.90. The molecule has 0 atom stereocenters. The van der Waals surface area contributed by atoms with E-state index in [4.69, 9.17) is 0 Å². The summed E-state index contributed by atoms with van der Waals surface area (Å²) >= 11 is 0. The summed E-state index contributed by atoms with van der Waals surface area (Å²) in [5.41, 5.74) is 4.73. The van der Waals surface area contributed by atoms with E-state index >= 15 is 0 Å². The molecular weight excluding hydrogens is 180 g/mol. The molecule has 0 rings (SSSR count). The van der Waals surface area contributed by atoms with Crippen LogP contribution in [0.4, 0.5) is 0 Å². The fourth-order valence-electron chi connectivity index (χ4n) is 0.915. The smallest absolute Gasteiger partial charge is 0.0307 e. The molecule has 0 heterocycles. The summed E-state index contributed by atoms with van der Waals surface area (Å²) < 4.78 is 0. The molecule has 0 heteroatoms. The average Bonchev–Trinajstić information content (AvgIpc) is 2.17. The Kier molecular flexibility index (Phi) is 6.44. The summed E-state index contributed by atoms with van der Waals surface area (Å²) in [5.74, 6) is 0. The van der Waals surface area contributed by atoms with Crippen molar-refractivity contribution in [1.29, 1.82) is 0 Å². The fourth-order valence-corrected chi connectivity index (χ4v) is 0.915. The molecule has 0 nitrogen and oxygen atoms in total. The van der Waals surface area contributed by atoms with Crippen LogP contribution in [-0.2, 0) is 0 Å². The van der Waals surface area contributed by atoms with Gasteiger partial charge in [0.1, 0.15) is 0 Å². The molecule has 0 spiro atoms. The molecule has 15 heavy (non-hydrogen) atoms. The van der Waals surface area contributed by atoms with Gasteiger partial charge in [-0.25, -0.2) is 0 Å². The second-order valence-electron chi connectivity index (χ2n) is 3.90. The van der Waals surface area contributed by atoms with Crippen LogP contribution in [0.15, 0.2) is 59.8 Å². The number of allylic oxidation sites excluding steroid dienone is 8. The van der Waals surface area contributed by atoms with Crippen LogP contribution in [0.3, 0.4) is 0 Å². The van der Waals surface area contributed by atoms with E-state index in [-0.39, 0.29) is 0 Å². The summed E-state index contributed by atoms with van der Waals surface area (Å²) in [4.78, 5) is 0. The van der Waals surface area contributed by atoms with E-state index in [1.54, 1.807) is 0 Å². The highest BCUT2D eigenvalue weighted by Crippen LogP contribution is 2.09. The Morgan fingerprint density at radius 1 is 1.00 bits per heavy atom. The Morgan fingerprint density at radius 3 is 2.00 bits per heavy atom. The normalized spacial score (nSPS) is 13.3. The van der Waals surface area contributed by atoms with Crippen LogP contribution in [0, 0.1) is 0 Å². The van der Waals surface area contributed by atoms with Crippen molar-refractivity contribution < 1.29 is 0 Å². The maximum Gasteiger partial charge on any atom is -0.0307 e. The van der Waals surface area contributed by atoms with Crippen LogP contribution in [0.25, 0.3) is 0 Å². The predicted molar refractivity (Wildman–Crippen MR) is 70.9 cm³/mol. The van der Waals surface area contributed by atoms with Crippen molar-refractivity contribution in [2.75, 3.05) is 0 Å². The third kappa shape index (κ3) is 6.73. The highest BCUT2D eigenvalue weighted by Gasteiger charge is 1.89. The first-order chi connectivity index (χ1) is 6.97. The minimum Gasteiger partial charge on any atom is -0.0961 e. The zero-order valence-corrected chi connectivity index (χ0v) is 10.4. The standard InChI is InChI=1S/C15H22/c1-7-15(10-8-12(2)3)11-9-14(6)13(4)5/h8-11H,2,4,7H2,1,3,5-6H3/b10-8+,14-9-,15-11+. The summed E-state index contributed by atoms with van der Waals surface area (Å²) in [7, 11) is 0. The van der Waals surface area contributed by atoms with Crippen molar-refractivity contribution in [3.63, 3.8) is 0 Å². The quantitative estimate of drug-likeness (QED) is 0.552. The Labute approximate surface area is 94.4 Å². The lowest BCUT2D eigenvalue weighted by atomic mass is 10.1. The molecule has 0 fully saturated rings. The minimum absolute atomic E-state index is 1.03. The van der Waals surface area contributed by atoms with Crippen LogP contribution in [0.2, 0.25) is 0 Å². The van der Waals surface area contributed by atoms with Crippen molar-refractivity contribution in [3.8, 4) is 0 Å². The molecule has 0 unspecified atom stereocenters. The van der Waals surface area contributed by atoms with Crippen LogP contribution in [0.1, 0.15) is 34.1 Å². The van der Waals surface area contributed by atoms with Gasteiger partial charge in [0.25, 0.3) is 0 Å². The van der Waals surface area contributed by atoms with Gasteiger partial charge in [-0.15, -0.1) is 0 Å². The Hall–Kier alpha value is -1.30. The van der Waals surface area contributed by atoms with Crippen molar-refractivity contribution in [1.82, 2.24) is 0 Å². The fraction of sp³-hybridized carbons (Fsp3) is 0.333. The highest BCUT2D eigenvalue weighted by atomic mass is 13.9. The maximum atomic E-state index is 3.90. The molecule has 0 N–H and O–H groups in total. The molecule has 0 aromatic carbocycles. The Morgan fingerprint density at radius 2 is 1.60 bits per heavy atom. The van der Waals surface area contributed by atoms with Gasteiger partial charge in [0.15, 0.2) is 0 Å². The predicted octanol–water partition coefficient (Wildman–Crippen LogP) is 4.98. The highest BCUT2D eigenvalue weighted by molar-refractivity contribution is 5.33. The van der Waals surface area contributed by atoms with Crippen LogP contribution in [0.5, 0.6) is 0 Å². The lowest BCUT2D eigenvalue weighted by Gasteiger charge is -1.98. The Bertz CT molecular complexity index is 322. The van der Waals surface area contributed by atoms with Crippen LogP contribution < -0.4 is 0 Å². The van der Waals surface area contributed by atoms with Crippen LogP contribution in [-0.4, -0.2) is 0 Å². The minimum atomic E-state index is 1.03. The van der Waals surface area contributed by atoms with Gasteiger partial charge in [0.2, 0.25) is 0 Å². The molecule has 0 radical (unpaired) electrons. The summed E-state index contributed by atoms with van der Waals surface area (Å²) in [6.45, 7) is 16.0. The monoisotopic (exact) mass is 202 g/mol. The molecule has 0 saturated carbocycles. The lowest BCUT2D eigenvalue weighted by molar-refractivity contribution is 1.15. The topological polar surface area (TPSA) is 0 Å². The van der Waals surface area contributed by atoms with E-state index < -0.39 is 0 Å². The molecule has 0 aliphatic rings. The second kappa shape index (κ2) is 7.05. The van der Waals surface area contributed by atoms with E-state index in [9.17, 15) is 0 Å². The van der Waals surface area contributed by atoms with E-state index in [0.717, 1.165) is 17.6 Å². The zero-order chi connectivity index (χ0) is 11.8. The zero-order valence-electron chi connectivity index (χ0n) is 10.4. The number of hydrogen-bond donors (Lipinski definition) is 0. The average molecular weight is 202 g/mol. The molecular formula is C15H22. The summed E-state index contributed by atoms with van der Waals surface area (Å²) in [6, 6.07) is 0. The summed E-state index contributed by atoms with van der Waals surface area (Å²) in [5, 5.41) is 0. The number of hydrogen-bond acceptors (Lipinski definition) is 0. The molecule has 82 valence electrons. The van der Waals surface area contributed by atoms with Gasteiger partial charge in [0.05, 0.1) is 0 Å².